The van der Waals surface area contributed by atoms with E-state index < -0.39 is 20.2 Å². The van der Waals surface area contributed by atoms with Crippen LogP contribution in [0.5, 0.6) is 0 Å². The maximum absolute atomic E-state index is 11.9. The summed E-state index contributed by atoms with van der Waals surface area (Å²) in [5.41, 5.74) is 4.04. The molecule has 4 aromatic carbocycles. The van der Waals surface area contributed by atoms with Gasteiger partial charge in [-0.2, -0.15) is 0 Å². The molecule has 384 valence electrons. The molecule has 6 nitrogen and oxygen atoms in total. The Bertz CT molecular complexity index is 2030. The summed E-state index contributed by atoms with van der Waals surface area (Å²) in [6.45, 7) is 8.96. The van der Waals surface area contributed by atoms with E-state index in [9.17, 15) is 25.9 Å². The maximum Gasteiger partial charge on any atom is 2.00 e. The van der Waals surface area contributed by atoms with Gasteiger partial charge in [-0.3, -0.25) is 0 Å². The van der Waals surface area contributed by atoms with Crippen molar-refractivity contribution < 1.29 is 25.9 Å². The summed E-state index contributed by atoms with van der Waals surface area (Å²) in [6.07, 6.45) is 43.5. The van der Waals surface area contributed by atoms with E-state index >= 15 is 0 Å². The number of hydrogen-bond donors (Lipinski definition) is 0. The molecule has 0 radical (unpaired) electrons. The smallest absolute Gasteiger partial charge is 0.744 e. The number of fused-ring (bicyclic) bond motifs is 2. The molecule has 0 atom stereocenters. The van der Waals surface area contributed by atoms with Gasteiger partial charge in [-0.15, -0.1) is 0 Å². The SMILES string of the molecule is CCCCCCCCCCc1ccc2c(CCCCCCCCCC)c(S(=O)(=O)[O-])ccc2c1.CCCCCCCCCCc1ccc2c(CCCCCCCCCC)c(S(=O)(=O)[O-])ccc2c1.[Ca+2]. The summed E-state index contributed by atoms with van der Waals surface area (Å²) in [5, 5.41) is 3.97. The van der Waals surface area contributed by atoms with Crippen molar-refractivity contribution in [1.82, 2.24) is 0 Å². The van der Waals surface area contributed by atoms with Crippen molar-refractivity contribution in [3.05, 3.63) is 82.9 Å². The van der Waals surface area contributed by atoms with Crippen molar-refractivity contribution in [1.29, 1.82) is 0 Å². The minimum absolute atomic E-state index is 0. The normalized spacial score (nSPS) is 11.8. The fraction of sp³-hybridized carbons (Fsp3) is 0.667. The molecule has 0 aromatic heterocycles. The molecule has 0 saturated carbocycles. The van der Waals surface area contributed by atoms with Gasteiger partial charge < -0.3 is 9.11 Å². The summed E-state index contributed by atoms with van der Waals surface area (Å²) in [6, 6.07) is 19.4. The Morgan fingerprint density at radius 1 is 0.319 bits per heavy atom. The third-order valence-electron chi connectivity index (χ3n) is 14.0. The standard InChI is InChI=1S/2C30H48O3S.Ca/c2*1-3-5-7-9-11-13-15-17-19-26-21-23-28-27(25-26)22-24-30(34(31,32)33)29(28)20-18-16-14-12-10-8-6-4-2;/h2*21-25H,3-20H2,1-2H3,(H,31,32,33);/q;;+2/p-2. The molecule has 0 bridgehead atoms. The molecule has 0 aliphatic heterocycles. The molecule has 0 saturated heterocycles. The summed E-state index contributed by atoms with van der Waals surface area (Å²) >= 11 is 0. The van der Waals surface area contributed by atoms with E-state index in [2.05, 4.69) is 52.0 Å². The Morgan fingerprint density at radius 3 is 0.826 bits per heavy atom. The van der Waals surface area contributed by atoms with Gasteiger partial charge in [-0.1, -0.05) is 256 Å². The van der Waals surface area contributed by atoms with Crippen LogP contribution in [0.1, 0.15) is 255 Å². The Morgan fingerprint density at radius 2 is 0.565 bits per heavy atom. The van der Waals surface area contributed by atoms with Crippen molar-refractivity contribution in [2.24, 2.45) is 0 Å². The number of aryl methyl sites for hydroxylation is 4. The first-order chi connectivity index (χ1) is 32.9. The van der Waals surface area contributed by atoms with Crippen LogP contribution >= 0.6 is 0 Å². The Labute approximate surface area is 453 Å². The van der Waals surface area contributed by atoms with E-state index in [1.54, 1.807) is 0 Å². The van der Waals surface area contributed by atoms with Gasteiger partial charge >= 0.3 is 37.7 Å². The Hall–Kier alpha value is -1.52. The third kappa shape index (κ3) is 26.3. The first-order valence-corrected chi connectivity index (χ1v) is 30.8. The molecule has 4 rings (SSSR count). The predicted octanol–water partition coefficient (Wildman–Crippen LogP) is 17.8. The average molecular weight is 1020 g/mol. The number of rotatable bonds is 38. The molecule has 0 aliphatic carbocycles. The van der Waals surface area contributed by atoms with Crippen molar-refractivity contribution >= 4 is 79.5 Å². The van der Waals surface area contributed by atoms with E-state index in [4.69, 9.17) is 0 Å². The first-order valence-electron chi connectivity index (χ1n) is 27.9. The molecule has 0 fully saturated rings. The van der Waals surface area contributed by atoms with Crippen LogP contribution in [0, 0.1) is 0 Å². The van der Waals surface area contributed by atoms with Crippen LogP contribution in [0.3, 0.4) is 0 Å². The van der Waals surface area contributed by atoms with E-state index in [-0.39, 0.29) is 47.5 Å². The van der Waals surface area contributed by atoms with Crippen molar-refractivity contribution in [3.63, 3.8) is 0 Å². The molecular formula is C60H94CaO6S2. The molecular weight excluding hydrogens is 921 g/mol. The van der Waals surface area contributed by atoms with Gasteiger partial charge in [0.15, 0.2) is 0 Å². The van der Waals surface area contributed by atoms with E-state index in [0.717, 1.165) is 71.2 Å². The zero-order valence-electron chi connectivity index (χ0n) is 44.2. The molecule has 0 amide bonds. The summed E-state index contributed by atoms with van der Waals surface area (Å²) in [4.78, 5) is -0.0578. The Balaban J connectivity index is 0.000000467. The van der Waals surface area contributed by atoms with Crippen molar-refractivity contribution in [2.75, 3.05) is 0 Å². The molecule has 9 heteroatoms. The van der Waals surface area contributed by atoms with E-state index in [1.165, 1.54) is 203 Å². The van der Waals surface area contributed by atoms with Crippen LogP contribution in [-0.4, -0.2) is 63.7 Å². The van der Waals surface area contributed by atoms with Crippen LogP contribution in [0.2, 0.25) is 0 Å². The van der Waals surface area contributed by atoms with Gasteiger partial charge in [0.1, 0.15) is 20.2 Å². The monoisotopic (exact) mass is 1010 g/mol. The van der Waals surface area contributed by atoms with Gasteiger partial charge in [-0.25, -0.2) is 16.8 Å². The molecule has 0 N–H and O–H groups in total. The maximum atomic E-state index is 11.9. The largest absolute Gasteiger partial charge is 2.00 e. The molecule has 0 heterocycles. The molecule has 0 aliphatic rings. The molecule has 69 heavy (non-hydrogen) atoms. The van der Waals surface area contributed by atoms with Crippen molar-refractivity contribution in [3.8, 4) is 0 Å². The van der Waals surface area contributed by atoms with Crippen LogP contribution in [0.4, 0.5) is 0 Å². The van der Waals surface area contributed by atoms with Gasteiger partial charge in [-0.05, 0) is 107 Å². The summed E-state index contributed by atoms with van der Waals surface area (Å²) in [7, 11) is -8.94. The van der Waals surface area contributed by atoms with Crippen molar-refractivity contribution in [2.45, 2.75) is 269 Å². The minimum Gasteiger partial charge on any atom is -0.744 e. The van der Waals surface area contributed by atoms with Gasteiger partial charge in [0.25, 0.3) is 0 Å². The summed E-state index contributed by atoms with van der Waals surface area (Å²) in [5.74, 6) is 0. The van der Waals surface area contributed by atoms with E-state index in [0.29, 0.717) is 12.8 Å². The minimum atomic E-state index is -4.47. The van der Waals surface area contributed by atoms with Crippen LogP contribution in [0.15, 0.2) is 70.5 Å². The first kappa shape index (κ1) is 63.6. The van der Waals surface area contributed by atoms with Crippen LogP contribution in [-0.2, 0) is 45.9 Å². The second-order valence-electron chi connectivity index (χ2n) is 20.0. The number of benzene rings is 4. The van der Waals surface area contributed by atoms with E-state index in [1.807, 2.05) is 24.3 Å². The molecule has 4 aromatic rings. The topological polar surface area (TPSA) is 114 Å². The van der Waals surface area contributed by atoms with Crippen LogP contribution in [0.25, 0.3) is 21.5 Å². The van der Waals surface area contributed by atoms with Crippen LogP contribution < -0.4 is 0 Å². The zero-order valence-corrected chi connectivity index (χ0v) is 48.0. The Kier molecular flexibility index (Phi) is 35.1. The fourth-order valence-corrected chi connectivity index (χ4v) is 11.4. The van der Waals surface area contributed by atoms with Gasteiger partial charge in [0, 0.05) is 0 Å². The fourth-order valence-electron chi connectivity index (χ4n) is 9.94. The quantitative estimate of drug-likeness (QED) is 0.0251. The summed E-state index contributed by atoms with van der Waals surface area (Å²) < 4.78 is 71.6. The zero-order chi connectivity index (χ0) is 49.3. The third-order valence-corrected chi connectivity index (χ3v) is 15.9. The number of hydrogen-bond acceptors (Lipinski definition) is 6. The predicted molar refractivity (Wildman–Crippen MR) is 295 cm³/mol. The number of unbranched alkanes of at least 4 members (excludes halogenated alkanes) is 28. The van der Waals surface area contributed by atoms with Gasteiger partial charge in [0.2, 0.25) is 0 Å². The molecule has 0 spiro atoms. The average Bonchev–Trinajstić information content (AvgIpc) is 3.31. The molecule has 0 unspecified atom stereocenters. The second kappa shape index (κ2) is 38.1. The second-order valence-corrected chi connectivity index (χ2v) is 22.7. The van der Waals surface area contributed by atoms with Gasteiger partial charge in [0.05, 0.1) is 9.79 Å².